The molecule has 0 aromatic heterocycles. The third kappa shape index (κ3) is 4.06. The minimum Gasteiger partial charge on any atom is -0.484 e. The molecule has 20 heavy (non-hydrogen) atoms. The van der Waals surface area contributed by atoms with Crippen LogP contribution >= 0.6 is 15.9 Å². The van der Waals surface area contributed by atoms with Crippen molar-refractivity contribution in [3.05, 3.63) is 58.3 Å². The Morgan fingerprint density at radius 1 is 1.30 bits per heavy atom. The van der Waals surface area contributed by atoms with Crippen LogP contribution in [0.25, 0.3) is 0 Å². The van der Waals surface area contributed by atoms with Gasteiger partial charge < -0.3 is 10.1 Å². The van der Waals surface area contributed by atoms with Gasteiger partial charge in [-0.1, -0.05) is 28.1 Å². The molecule has 1 N–H and O–H groups in total. The molecule has 0 aliphatic carbocycles. The van der Waals surface area contributed by atoms with Crippen molar-refractivity contribution in [2.75, 3.05) is 11.9 Å². The van der Waals surface area contributed by atoms with E-state index < -0.39 is 11.7 Å². The van der Waals surface area contributed by atoms with Crippen molar-refractivity contribution in [1.82, 2.24) is 0 Å². The van der Waals surface area contributed by atoms with E-state index in [4.69, 9.17) is 4.74 Å². The summed E-state index contributed by atoms with van der Waals surface area (Å²) in [7, 11) is 0. The van der Waals surface area contributed by atoms with E-state index in [1.54, 1.807) is 12.1 Å². The van der Waals surface area contributed by atoms with Gasteiger partial charge in [-0.25, -0.2) is 4.39 Å². The van der Waals surface area contributed by atoms with Crippen LogP contribution in [0.3, 0.4) is 0 Å². The summed E-state index contributed by atoms with van der Waals surface area (Å²) in [6.45, 7) is 1.77. The number of aryl methyl sites for hydroxylation is 1. The van der Waals surface area contributed by atoms with Crippen molar-refractivity contribution >= 4 is 27.5 Å². The number of nitrogens with one attached hydrogen (secondary N) is 1. The van der Waals surface area contributed by atoms with Crippen LogP contribution < -0.4 is 10.1 Å². The van der Waals surface area contributed by atoms with Crippen LogP contribution in [0.4, 0.5) is 10.1 Å². The molecule has 3 nitrogen and oxygen atoms in total. The molecule has 0 atom stereocenters. The zero-order valence-electron chi connectivity index (χ0n) is 10.8. The Hall–Kier alpha value is -1.88. The molecule has 0 saturated carbocycles. The molecule has 0 bridgehead atoms. The first kappa shape index (κ1) is 14.5. The van der Waals surface area contributed by atoms with Crippen LogP contribution in [-0.2, 0) is 4.79 Å². The maximum atomic E-state index is 13.5. The van der Waals surface area contributed by atoms with Gasteiger partial charge in [-0.3, -0.25) is 4.79 Å². The average molecular weight is 338 g/mol. The van der Waals surface area contributed by atoms with Gasteiger partial charge >= 0.3 is 0 Å². The Morgan fingerprint density at radius 2 is 2.10 bits per heavy atom. The third-order valence-corrected chi connectivity index (χ3v) is 3.06. The number of amides is 1. The van der Waals surface area contributed by atoms with E-state index in [1.807, 2.05) is 25.1 Å². The largest absolute Gasteiger partial charge is 0.484 e. The molecule has 0 fully saturated rings. The molecule has 0 aliphatic rings. The van der Waals surface area contributed by atoms with Crippen molar-refractivity contribution in [2.45, 2.75) is 6.92 Å². The Bertz CT molecular complexity index is 631. The van der Waals surface area contributed by atoms with Gasteiger partial charge in [0, 0.05) is 4.47 Å². The molecule has 0 aliphatic heterocycles. The highest BCUT2D eigenvalue weighted by Gasteiger charge is 2.08. The summed E-state index contributed by atoms with van der Waals surface area (Å²) in [4.78, 5) is 11.7. The van der Waals surface area contributed by atoms with E-state index in [9.17, 15) is 9.18 Å². The number of hydrogen-bond donors (Lipinski definition) is 1. The highest BCUT2D eigenvalue weighted by Crippen LogP contribution is 2.19. The van der Waals surface area contributed by atoms with Crippen LogP contribution in [0.5, 0.6) is 5.75 Å². The number of anilines is 1. The number of benzene rings is 2. The number of rotatable bonds is 4. The van der Waals surface area contributed by atoms with E-state index in [0.29, 0.717) is 10.2 Å². The third-order valence-electron chi connectivity index (χ3n) is 2.56. The molecule has 2 aromatic carbocycles. The van der Waals surface area contributed by atoms with Gasteiger partial charge in [0.1, 0.15) is 11.6 Å². The highest BCUT2D eigenvalue weighted by molar-refractivity contribution is 9.10. The molecule has 2 rings (SSSR count). The van der Waals surface area contributed by atoms with Gasteiger partial charge in [0.25, 0.3) is 5.91 Å². The molecule has 1 amide bonds. The lowest BCUT2D eigenvalue weighted by atomic mass is 10.2. The predicted octanol–water partition coefficient (Wildman–Crippen LogP) is 3.91. The first-order chi connectivity index (χ1) is 9.54. The Kier molecular flexibility index (Phi) is 4.74. The molecule has 0 spiro atoms. The SMILES string of the molecule is Cc1cccc(OCC(=O)Nc2ccc(Br)cc2F)c1. The van der Waals surface area contributed by atoms with Crippen LogP contribution in [0.15, 0.2) is 46.9 Å². The first-order valence-corrected chi connectivity index (χ1v) is 6.78. The summed E-state index contributed by atoms with van der Waals surface area (Å²) < 4.78 is 19.5. The van der Waals surface area contributed by atoms with Crippen molar-refractivity contribution in [3.8, 4) is 5.75 Å². The Labute approximate surface area is 124 Å². The van der Waals surface area contributed by atoms with E-state index in [1.165, 1.54) is 12.1 Å². The van der Waals surface area contributed by atoms with E-state index in [2.05, 4.69) is 21.2 Å². The summed E-state index contributed by atoms with van der Waals surface area (Å²) in [5.41, 5.74) is 1.17. The fraction of sp³-hybridized carbons (Fsp3) is 0.133. The maximum Gasteiger partial charge on any atom is 0.262 e. The standard InChI is InChI=1S/C15H13BrFNO2/c1-10-3-2-4-12(7-10)20-9-15(19)18-14-6-5-11(16)8-13(14)17/h2-8H,9H2,1H3,(H,18,19). The van der Waals surface area contributed by atoms with E-state index in [0.717, 1.165) is 5.56 Å². The zero-order valence-corrected chi connectivity index (χ0v) is 12.4. The van der Waals surface area contributed by atoms with E-state index in [-0.39, 0.29) is 12.3 Å². The van der Waals surface area contributed by atoms with Crippen LogP contribution in [0.2, 0.25) is 0 Å². The van der Waals surface area contributed by atoms with Gasteiger partial charge in [0.05, 0.1) is 5.69 Å². The fourth-order valence-electron chi connectivity index (χ4n) is 1.63. The molecule has 0 radical (unpaired) electrons. The fourth-order valence-corrected chi connectivity index (χ4v) is 1.96. The zero-order chi connectivity index (χ0) is 14.5. The lowest BCUT2D eigenvalue weighted by Crippen LogP contribution is -2.20. The molecular formula is C15H13BrFNO2. The molecule has 0 saturated heterocycles. The summed E-state index contributed by atoms with van der Waals surface area (Å²) >= 11 is 3.15. The molecular weight excluding hydrogens is 325 g/mol. The first-order valence-electron chi connectivity index (χ1n) is 5.99. The maximum absolute atomic E-state index is 13.5. The lowest BCUT2D eigenvalue weighted by molar-refractivity contribution is -0.118. The molecule has 2 aromatic rings. The smallest absolute Gasteiger partial charge is 0.262 e. The predicted molar refractivity (Wildman–Crippen MR) is 79.4 cm³/mol. The van der Waals surface area contributed by atoms with Gasteiger partial charge in [-0.05, 0) is 42.8 Å². The van der Waals surface area contributed by atoms with Crippen molar-refractivity contribution < 1.29 is 13.9 Å². The van der Waals surface area contributed by atoms with Gasteiger partial charge in [-0.2, -0.15) is 0 Å². The van der Waals surface area contributed by atoms with Crippen LogP contribution in [0.1, 0.15) is 5.56 Å². The van der Waals surface area contributed by atoms with Gasteiger partial charge in [0.2, 0.25) is 0 Å². The van der Waals surface area contributed by atoms with Crippen molar-refractivity contribution in [3.63, 3.8) is 0 Å². The number of ether oxygens (including phenoxy) is 1. The topological polar surface area (TPSA) is 38.3 Å². The van der Waals surface area contributed by atoms with Crippen LogP contribution in [0, 0.1) is 12.7 Å². The molecule has 104 valence electrons. The molecule has 0 unspecified atom stereocenters. The highest BCUT2D eigenvalue weighted by atomic mass is 79.9. The summed E-state index contributed by atoms with van der Waals surface area (Å²) in [6, 6.07) is 11.8. The van der Waals surface area contributed by atoms with Crippen molar-refractivity contribution in [1.29, 1.82) is 0 Å². The Morgan fingerprint density at radius 3 is 2.80 bits per heavy atom. The van der Waals surface area contributed by atoms with Gasteiger partial charge in [-0.15, -0.1) is 0 Å². The lowest BCUT2D eigenvalue weighted by Gasteiger charge is -2.08. The second kappa shape index (κ2) is 6.52. The van der Waals surface area contributed by atoms with Crippen molar-refractivity contribution in [2.24, 2.45) is 0 Å². The average Bonchev–Trinajstić information content (AvgIpc) is 2.40. The molecule has 0 heterocycles. The Balaban J connectivity index is 1.92. The number of halogens is 2. The minimum atomic E-state index is -0.497. The number of carbonyl (C=O) groups is 1. The van der Waals surface area contributed by atoms with Gasteiger partial charge in [0.15, 0.2) is 6.61 Å². The second-order valence-electron chi connectivity index (χ2n) is 4.28. The van der Waals surface area contributed by atoms with E-state index >= 15 is 0 Å². The normalized spacial score (nSPS) is 10.2. The quantitative estimate of drug-likeness (QED) is 0.918. The monoisotopic (exact) mass is 337 g/mol. The second-order valence-corrected chi connectivity index (χ2v) is 5.19. The molecule has 5 heteroatoms. The minimum absolute atomic E-state index is 0.131. The number of carbonyl (C=O) groups excluding carboxylic acids is 1. The number of hydrogen-bond acceptors (Lipinski definition) is 2. The van der Waals surface area contributed by atoms with Crippen LogP contribution in [-0.4, -0.2) is 12.5 Å². The summed E-state index contributed by atoms with van der Waals surface area (Å²) in [5.74, 6) is -0.299. The summed E-state index contributed by atoms with van der Waals surface area (Å²) in [5, 5.41) is 2.46. The summed E-state index contributed by atoms with van der Waals surface area (Å²) in [6.07, 6.45) is 0.